The number of carbonyl (C=O) groups is 1. The van der Waals surface area contributed by atoms with Gasteiger partial charge < -0.3 is 9.47 Å². The second-order valence-corrected chi connectivity index (χ2v) is 6.97. The molecule has 0 aliphatic rings. The van der Waals surface area contributed by atoms with Gasteiger partial charge in [0.25, 0.3) is 0 Å². The van der Waals surface area contributed by atoms with Crippen molar-refractivity contribution in [3.05, 3.63) is 70.8 Å². The summed E-state index contributed by atoms with van der Waals surface area (Å²) in [6.45, 7) is 4.32. The lowest BCUT2D eigenvalue weighted by atomic mass is 9.88. The van der Waals surface area contributed by atoms with Crippen LogP contribution >= 0.6 is 0 Å². The Bertz CT molecular complexity index is 962. The summed E-state index contributed by atoms with van der Waals surface area (Å²) in [5.74, 6) is 1.66. The second-order valence-electron chi connectivity index (χ2n) is 6.97. The maximum absolute atomic E-state index is 13.3. The van der Waals surface area contributed by atoms with Crippen molar-refractivity contribution < 1.29 is 14.3 Å². The van der Waals surface area contributed by atoms with Gasteiger partial charge in [-0.3, -0.25) is 4.79 Å². The molecule has 3 heteroatoms. The minimum absolute atomic E-state index is 0.0135. The van der Waals surface area contributed by atoms with Gasteiger partial charge >= 0.3 is 0 Å². The smallest absolute Gasteiger partial charge is 0.193 e. The molecule has 0 amide bonds. The van der Waals surface area contributed by atoms with Crippen molar-refractivity contribution in [2.45, 2.75) is 39.5 Å². The molecule has 3 aromatic rings. The number of carbonyl (C=O) groups excluding carboxylic acids is 1. The Labute approximate surface area is 167 Å². The van der Waals surface area contributed by atoms with Crippen molar-refractivity contribution in [2.24, 2.45) is 0 Å². The highest BCUT2D eigenvalue weighted by Gasteiger charge is 2.21. The summed E-state index contributed by atoms with van der Waals surface area (Å²) in [4.78, 5) is 13.3. The molecule has 0 aromatic heterocycles. The second kappa shape index (κ2) is 8.92. The van der Waals surface area contributed by atoms with E-state index >= 15 is 0 Å². The Kier molecular flexibility index (Phi) is 6.35. The Balaban J connectivity index is 2.39. The third-order valence-electron chi connectivity index (χ3n) is 5.16. The summed E-state index contributed by atoms with van der Waals surface area (Å²) in [6.07, 6.45) is 3.78. The molecule has 0 heterocycles. The van der Waals surface area contributed by atoms with Crippen LogP contribution in [0.4, 0.5) is 0 Å². The summed E-state index contributed by atoms with van der Waals surface area (Å²) in [6, 6.07) is 15.3. The van der Waals surface area contributed by atoms with Gasteiger partial charge in [-0.05, 0) is 41.8 Å². The first-order chi connectivity index (χ1) is 13.7. The van der Waals surface area contributed by atoms with E-state index in [1.54, 1.807) is 14.2 Å². The molecule has 0 radical (unpaired) electrons. The van der Waals surface area contributed by atoms with E-state index in [-0.39, 0.29) is 5.78 Å². The lowest BCUT2D eigenvalue weighted by Crippen LogP contribution is -2.07. The zero-order chi connectivity index (χ0) is 20.1. The van der Waals surface area contributed by atoms with Gasteiger partial charge in [-0.25, -0.2) is 0 Å². The molecular formula is C25H28O3. The average molecular weight is 376 g/mol. The Morgan fingerprint density at radius 1 is 0.821 bits per heavy atom. The summed E-state index contributed by atoms with van der Waals surface area (Å²) in [7, 11) is 3.38. The van der Waals surface area contributed by atoms with Gasteiger partial charge in [0.2, 0.25) is 0 Å². The van der Waals surface area contributed by atoms with E-state index in [1.165, 1.54) is 0 Å². The van der Waals surface area contributed by atoms with Crippen LogP contribution in [0.5, 0.6) is 11.5 Å². The van der Waals surface area contributed by atoms with E-state index < -0.39 is 0 Å². The quantitative estimate of drug-likeness (QED) is 0.453. The molecule has 0 N–H and O–H groups in total. The van der Waals surface area contributed by atoms with E-state index in [0.29, 0.717) is 11.1 Å². The van der Waals surface area contributed by atoms with E-state index in [1.807, 2.05) is 48.5 Å². The highest BCUT2D eigenvalue weighted by molar-refractivity contribution is 6.18. The fraction of sp³-hybridized carbons (Fsp3) is 0.320. The topological polar surface area (TPSA) is 35.5 Å². The zero-order valence-electron chi connectivity index (χ0n) is 17.2. The molecule has 28 heavy (non-hydrogen) atoms. The third-order valence-corrected chi connectivity index (χ3v) is 5.16. The molecule has 0 aliphatic carbocycles. The normalized spacial score (nSPS) is 10.9. The summed E-state index contributed by atoms with van der Waals surface area (Å²) < 4.78 is 11.4. The lowest BCUT2D eigenvalue weighted by Gasteiger charge is -2.20. The van der Waals surface area contributed by atoms with Gasteiger partial charge in [0.15, 0.2) is 5.78 Å². The van der Waals surface area contributed by atoms with Crippen LogP contribution in [-0.4, -0.2) is 20.0 Å². The number of aryl methyl sites for hydroxylation is 2. The molecule has 0 spiro atoms. The SMILES string of the molecule is CCCc1c(OC)ccc2c(C(=O)c3ccccc3)cc(OC)c(CCC)c12. The van der Waals surface area contributed by atoms with Crippen LogP contribution in [0, 0.1) is 0 Å². The number of hydrogen-bond acceptors (Lipinski definition) is 3. The number of benzene rings is 3. The number of rotatable bonds is 8. The Hall–Kier alpha value is -2.81. The van der Waals surface area contributed by atoms with Crippen molar-refractivity contribution in [1.29, 1.82) is 0 Å². The van der Waals surface area contributed by atoms with Gasteiger partial charge in [-0.15, -0.1) is 0 Å². The van der Waals surface area contributed by atoms with Crippen LogP contribution in [0.2, 0.25) is 0 Å². The maximum Gasteiger partial charge on any atom is 0.193 e. The predicted molar refractivity (Wildman–Crippen MR) is 115 cm³/mol. The van der Waals surface area contributed by atoms with Crippen LogP contribution in [0.1, 0.15) is 53.7 Å². The first-order valence-electron chi connectivity index (χ1n) is 9.95. The van der Waals surface area contributed by atoms with Gasteiger partial charge in [-0.1, -0.05) is 57.0 Å². The molecule has 0 bridgehead atoms. The summed E-state index contributed by atoms with van der Waals surface area (Å²) in [5, 5.41) is 2.09. The molecule has 0 saturated carbocycles. The van der Waals surface area contributed by atoms with Crippen LogP contribution in [0.15, 0.2) is 48.5 Å². The highest BCUT2D eigenvalue weighted by Crippen LogP contribution is 2.39. The minimum atomic E-state index is 0.0135. The van der Waals surface area contributed by atoms with Gasteiger partial charge in [0, 0.05) is 22.3 Å². The molecule has 3 rings (SSSR count). The molecule has 0 atom stereocenters. The lowest BCUT2D eigenvalue weighted by molar-refractivity contribution is 0.104. The van der Waals surface area contributed by atoms with Crippen LogP contribution in [0.3, 0.4) is 0 Å². The van der Waals surface area contributed by atoms with E-state index in [2.05, 4.69) is 13.8 Å². The molecule has 146 valence electrons. The number of hydrogen-bond donors (Lipinski definition) is 0. The number of methoxy groups -OCH3 is 2. The monoisotopic (exact) mass is 376 g/mol. The third kappa shape index (κ3) is 3.62. The van der Waals surface area contributed by atoms with Crippen LogP contribution < -0.4 is 9.47 Å². The first-order valence-corrected chi connectivity index (χ1v) is 9.95. The average Bonchev–Trinajstić information content (AvgIpc) is 2.74. The Morgan fingerprint density at radius 3 is 2.00 bits per heavy atom. The van der Waals surface area contributed by atoms with Crippen molar-refractivity contribution >= 4 is 16.6 Å². The largest absolute Gasteiger partial charge is 0.496 e. The molecule has 0 aliphatic heterocycles. The van der Waals surface area contributed by atoms with Gasteiger partial charge in [0.05, 0.1) is 14.2 Å². The highest BCUT2D eigenvalue weighted by atomic mass is 16.5. The number of fused-ring (bicyclic) bond motifs is 1. The molecule has 0 unspecified atom stereocenters. The standard InChI is InChI=1S/C25H28O3/c1-5-10-19-22(27-3)15-14-18-21(25(26)17-12-8-7-9-13-17)16-23(28-4)20(11-6-2)24(18)19/h7-9,12-16H,5-6,10-11H2,1-4H3. The fourth-order valence-corrected chi connectivity index (χ4v) is 3.92. The summed E-state index contributed by atoms with van der Waals surface area (Å²) >= 11 is 0. The predicted octanol–water partition coefficient (Wildman–Crippen LogP) is 5.99. The maximum atomic E-state index is 13.3. The fourth-order valence-electron chi connectivity index (χ4n) is 3.92. The van der Waals surface area contributed by atoms with E-state index in [0.717, 1.165) is 59.1 Å². The number of ether oxygens (including phenoxy) is 2. The molecular weight excluding hydrogens is 348 g/mol. The van der Waals surface area contributed by atoms with Crippen molar-refractivity contribution in [3.63, 3.8) is 0 Å². The van der Waals surface area contributed by atoms with Gasteiger partial charge in [0.1, 0.15) is 11.5 Å². The molecule has 0 fully saturated rings. The van der Waals surface area contributed by atoms with Crippen molar-refractivity contribution in [2.75, 3.05) is 14.2 Å². The molecule has 0 saturated heterocycles. The summed E-state index contributed by atoms with van der Waals surface area (Å²) in [5.41, 5.74) is 3.68. The van der Waals surface area contributed by atoms with Crippen molar-refractivity contribution in [3.8, 4) is 11.5 Å². The first kappa shape index (κ1) is 19.9. The zero-order valence-corrected chi connectivity index (χ0v) is 17.2. The van der Waals surface area contributed by atoms with E-state index in [4.69, 9.17) is 9.47 Å². The van der Waals surface area contributed by atoms with Gasteiger partial charge in [-0.2, -0.15) is 0 Å². The molecule has 3 aromatic carbocycles. The number of ketones is 1. The van der Waals surface area contributed by atoms with Crippen molar-refractivity contribution in [1.82, 2.24) is 0 Å². The van der Waals surface area contributed by atoms with E-state index in [9.17, 15) is 4.79 Å². The van der Waals surface area contributed by atoms with Crippen LogP contribution in [0.25, 0.3) is 10.8 Å². The Morgan fingerprint density at radius 2 is 1.43 bits per heavy atom. The minimum Gasteiger partial charge on any atom is -0.496 e. The molecule has 3 nitrogen and oxygen atoms in total. The van der Waals surface area contributed by atoms with Crippen LogP contribution in [-0.2, 0) is 12.8 Å².